The minimum absolute atomic E-state index is 0.0612. The highest BCUT2D eigenvalue weighted by molar-refractivity contribution is 5.77. The van der Waals surface area contributed by atoms with Gasteiger partial charge in [-0.3, -0.25) is 9.69 Å². The molecule has 0 saturated carbocycles. The van der Waals surface area contributed by atoms with Crippen molar-refractivity contribution in [2.75, 3.05) is 26.3 Å². The van der Waals surface area contributed by atoms with E-state index in [4.69, 9.17) is 9.47 Å². The number of nitrogens with one attached hydrogen (secondary N) is 1. The molecule has 0 radical (unpaired) electrons. The second-order valence-electron chi connectivity index (χ2n) is 6.29. The van der Waals surface area contributed by atoms with Gasteiger partial charge in [0.2, 0.25) is 0 Å². The molecule has 23 heavy (non-hydrogen) atoms. The summed E-state index contributed by atoms with van der Waals surface area (Å²) in [6.45, 7) is 5.21. The molecule has 1 unspecified atom stereocenters. The molecule has 2 aliphatic heterocycles. The zero-order chi connectivity index (χ0) is 15.9. The number of rotatable bonds is 2. The van der Waals surface area contributed by atoms with Gasteiger partial charge >= 0.3 is 0 Å². The van der Waals surface area contributed by atoms with Crippen LogP contribution in [-0.4, -0.2) is 47.0 Å². The Hall–Kier alpha value is -1.76. The molecule has 0 bridgehead atoms. The maximum atomic E-state index is 12.2. The van der Waals surface area contributed by atoms with Crippen molar-refractivity contribution in [1.82, 2.24) is 14.9 Å². The number of para-hydroxylation sites is 1. The molecule has 1 aromatic heterocycles. The Morgan fingerprint density at radius 3 is 2.65 bits per heavy atom. The van der Waals surface area contributed by atoms with Crippen LogP contribution in [0.25, 0.3) is 10.9 Å². The van der Waals surface area contributed by atoms with Crippen molar-refractivity contribution in [1.29, 1.82) is 0 Å². The summed E-state index contributed by atoms with van der Waals surface area (Å²) in [5, 5.41) is 0.633. The molecule has 4 rings (SSSR count). The molecule has 2 aromatic rings. The number of piperidine rings is 1. The van der Waals surface area contributed by atoms with Gasteiger partial charge < -0.3 is 14.5 Å². The third-order valence-electron chi connectivity index (χ3n) is 4.95. The van der Waals surface area contributed by atoms with Crippen LogP contribution in [0.3, 0.4) is 0 Å². The van der Waals surface area contributed by atoms with Crippen molar-refractivity contribution >= 4 is 10.9 Å². The number of ether oxygens (including phenoxy) is 2. The topological polar surface area (TPSA) is 67.5 Å². The van der Waals surface area contributed by atoms with Crippen LogP contribution in [0.5, 0.6) is 0 Å². The van der Waals surface area contributed by atoms with E-state index in [-0.39, 0.29) is 17.4 Å². The highest BCUT2D eigenvalue weighted by Gasteiger charge is 2.40. The van der Waals surface area contributed by atoms with Crippen LogP contribution in [0.2, 0.25) is 0 Å². The Morgan fingerprint density at radius 2 is 1.91 bits per heavy atom. The third-order valence-corrected chi connectivity index (χ3v) is 4.95. The Labute approximate surface area is 134 Å². The van der Waals surface area contributed by atoms with E-state index in [1.165, 1.54) is 0 Å². The zero-order valence-corrected chi connectivity index (χ0v) is 13.2. The molecule has 3 heterocycles. The Kier molecular flexibility index (Phi) is 3.67. The van der Waals surface area contributed by atoms with Gasteiger partial charge in [0.15, 0.2) is 5.79 Å². The summed E-state index contributed by atoms with van der Waals surface area (Å²) in [6.07, 6.45) is 1.71. The van der Waals surface area contributed by atoms with E-state index in [9.17, 15) is 4.79 Å². The lowest BCUT2D eigenvalue weighted by Crippen LogP contribution is -2.46. The summed E-state index contributed by atoms with van der Waals surface area (Å²) < 4.78 is 11.5. The van der Waals surface area contributed by atoms with Crippen LogP contribution >= 0.6 is 0 Å². The fourth-order valence-corrected chi connectivity index (χ4v) is 3.51. The molecule has 2 aliphatic rings. The van der Waals surface area contributed by atoms with Gasteiger partial charge in [-0.25, -0.2) is 4.98 Å². The first-order valence-corrected chi connectivity index (χ1v) is 8.18. The molecule has 6 heteroatoms. The lowest BCUT2D eigenvalue weighted by Gasteiger charge is -2.39. The quantitative estimate of drug-likeness (QED) is 0.915. The molecule has 0 amide bonds. The van der Waals surface area contributed by atoms with Gasteiger partial charge in [0.1, 0.15) is 5.82 Å². The van der Waals surface area contributed by atoms with Gasteiger partial charge in [-0.05, 0) is 19.1 Å². The molecule has 2 fully saturated rings. The average molecular weight is 315 g/mol. The standard InChI is InChI=1S/C17H21N3O3/c1-12(20-8-6-17(7-9-20)22-10-11-23-17)15-18-14-5-3-2-4-13(14)16(21)19-15/h2-5,12H,6-11H2,1H3,(H,18,19,21). The molecular formula is C17H21N3O3. The summed E-state index contributed by atoms with van der Waals surface area (Å²) in [5.41, 5.74) is 0.669. The average Bonchev–Trinajstić information content (AvgIpc) is 3.03. The molecule has 2 saturated heterocycles. The SMILES string of the molecule is CC(c1nc2ccccc2c(=O)[nH]1)N1CCC2(CC1)OCCO2. The van der Waals surface area contributed by atoms with E-state index in [0.29, 0.717) is 18.6 Å². The molecule has 1 aromatic carbocycles. The molecular weight excluding hydrogens is 294 g/mol. The highest BCUT2D eigenvalue weighted by atomic mass is 16.7. The molecule has 1 atom stereocenters. The van der Waals surface area contributed by atoms with Crippen molar-refractivity contribution in [3.05, 3.63) is 40.4 Å². The summed E-state index contributed by atoms with van der Waals surface area (Å²) in [6, 6.07) is 7.50. The number of hydrogen-bond donors (Lipinski definition) is 1. The zero-order valence-electron chi connectivity index (χ0n) is 13.2. The number of aromatic nitrogens is 2. The van der Waals surface area contributed by atoms with Gasteiger partial charge in [0, 0.05) is 25.9 Å². The van der Waals surface area contributed by atoms with E-state index in [2.05, 4.69) is 21.8 Å². The van der Waals surface area contributed by atoms with Crippen LogP contribution < -0.4 is 5.56 Å². The highest BCUT2D eigenvalue weighted by Crippen LogP contribution is 2.33. The summed E-state index contributed by atoms with van der Waals surface area (Å²) in [4.78, 5) is 22.1. The first-order valence-electron chi connectivity index (χ1n) is 8.18. The van der Waals surface area contributed by atoms with Gasteiger partial charge in [-0.1, -0.05) is 12.1 Å². The minimum atomic E-state index is -0.375. The largest absolute Gasteiger partial charge is 0.347 e. The maximum absolute atomic E-state index is 12.2. The minimum Gasteiger partial charge on any atom is -0.347 e. The van der Waals surface area contributed by atoms with Crippen LogP contribution in [0.15, 0.2) is 29.1 Å². The maximum Gasteiger partial charge on any atom is 0.258 e. The van der Waals surface area contributed by atoms with Gasteiger partial charge in [-0.15, -0.1) is 0 Å². The van der Waals surface area contributed by atoms with Crippen LogP contribution in [0.1, 0.15) is 31.6 Å². The predicted octanol–water partition coefficient (Wildman–Crippen LogP) is 1.82. The smallest absolute Gasteiger partial charge is 0.258 e. The van der Waals surface area contributed by atoms with Crippen molar-refractivity contribution in [3.63, 3.8) is 0 Å². The fraction of sp³-hybridized carbons (Fsp3) is 0.529. The van der Waals surface area contributed by atoms with Crippen molar-refractivity contribution in [3.8, 4) is 0 Å². The molecule has 122 valence electrons. The van der Waals surface area contributed by atoms with Crippen LogP contribution in [-0.2, 0) is 9.47 Å². The summed E-state index contributed by atoms with van der Waals surface area (Å²) in [7, 11) is 0. The third kappa shape index (κ3) is 2.67. The Morgan fingerprint density at radius 1 is 1.22 bits per heavy atom. The fourth-order valence-electron chi connectivity index (χ4n) is 3.51. The lowest BCUT2D eigenvalue weighted by molar-refractivity contribution is -0.187. The van der Waals surface area contributed by atoms with Crippen LogP contribution in [0.4, 0.5) is 0 Å². The van der Waals surface area contributed by atoms with Crippen LogP contribution in [0, 0.1) is 0 Å². The van der Waals surface area contributed by atoms with E-state index in [1.54, 1.807) is 6.07 Å². The molecule has 0 aliphatic carbocycles. The number of likely N-dealkylation sites (tertiary alicyclic amines) is 1. The second-order valence-corrected chi connectivity index (χ2v) is 6.29. The van der Waals surface area contributed by atoms with Crippen molar-refractivity contribution in [2.45, 2.75) is 31.6 Å². The number of aromatic amines is 1. The number of fused-ring (bicyclic) bond motifs is 1. The molecule has 1 N–H and O–H groups in total. The monoisotopic (exact) mass is 315 g/mol. The summed E-state index contributed by atoms with van der Waals surface area (Å²) >= 11 is 0. The van der Waals surface area contributed by atoms with Gasteiger partial charge in [0.25, 0.3) is 5.56 Å². The number of benzene rings is 1. The number of H-pyrrole nitrogens is 1. The predicted molar refractivity (Wildman–Crippen MR) is 86.2 cm³/mol. The van der Waals surface area contributed by atoms with E-state index in [0.717, 1.165) is 37.3 Å². The number of nitrogens with zero attached hydrogens (tertiary/aromatic N) is 2. The second kappa shape index (κ2) is 5.70. The summed E-state index contributed by atoms with van der Waals surface area (Å²) in [5.74, 6) is 0.346. The first kappa shape index (κ1) is 14.8. The number of hydrogen-bond acceptors (Lipinski definition) is 5. The lowest BCUT2D eigenvalue weighted by atomic mass is 10.0. The Balaban J connectivity index is 1.55. The van der Waals surface area contributed by atoms with Gasteiger partial charge in [0.05, 0.1) is 30.2 Å². The van der Waals surface area contributed by atoms with E-state index in [1.807, 2.05) is 18.2 Å². The first-order chi connectivity index (χ1) is 11.2. The molecule has 6 nitrogen and oxygen atoms in total. The van der Waals surface area contributed by atoms with Crippen molar-refractivity contribution in [2.24, 2.45) is 0 Å². The van der Waals surface area contributed by atoms with E-state index < -0.39 is 0 Å². The normalized spacial score (nSPS) is 22.7. The molecule has 1 spiro atoms. The Bertz CT molecular complexity index is 757. The van der Waals surface area contributed by atoms with Gasteiger partial charge in [-0.2, -0.15) is 0 Å². The van der Waals surface area contributed by atoms with E-state index >= 15 is 0 Å². The van der Waals surface area contributed by atoms with Crippen molar-refractivity contribution < 1.29 is 9.47 Å².